The second-order valence-electron chi connectivity index (χ2n) is 7.15. The Morgan fingerprint density at radius 2 is 1.87 bits per heavy atom. The number of amides is 1. The molecule has 0 bridgehead atoms. The Balaban J connectivity index is 1.63. The van der Waals surface area contributed by atoms with Crippen LogP contribution in [-0.2, 0) is 0 Å². The maximum absolute atomic E-state index is 14.1. The molecule has 154 valence electrons. The average Bonchev–Trinajstić information content (AvgIpc) is 2.75. The van der Waals surface area contributed by atoms with Crippen molar-refractivity contribution in [2.75, 3.05) is 29.0 Å². The Morgan fingerprint density at radius 3 is 2.63 bits per heavy atom. The van der Waals surface area contributed by atoms with Gasteiger partial charge in [-0.1, -0.05) is 0 Å². The van der Waals surface area contributed by atoms with E-state index in [1.807, 2.05) is 6.07 Å². The number of halogens is 2. The summed E-state index contributed by atoms with van der Waals surface area (Å²) in [6.07, 6.45) is 6.65. The van der Waals surface area contributed by atoms with Crippen molar-refractivity contribution in [2.45, 2.75) is 19.3 Å². The van der Waals surface area contributed by atoms with Crippen LogP contribution in [0.5, 0.6) is 0 Å². The van der Waals surface area contributed by atoms with E-state index < -0.39 is 17.5 Å². The highest BCUT2D eigenvalue weighted by molar-refractivity contribution is 6.07. The first-order valence-electron chi connectivity index (χ1n) is 9.75. The van der Waals surface area contributed by atoms with E-state index in [-0.39, 0.29) is 22.6 Å². The maximum atomic E-state index is 14.1. The molecule has 3 aromatic rings. The molecule has 1 aromatic carbocycles. The van der Waals surface area contributed by atoms with Crippen LogP contribution in [0.25, 0.3) is 11.3 Å². The zero-order valence-electron chi connectivity index (χ0n) is 16.2. The average molecular weight is 409 g/mol. The lowest BCUT2D eigenvalue weighted by Gasteiger charge is -2.30. The Morgan fingerprint density at radius 1 is 1.07 bits per heavy atom. The third-order valence-corrected chi connectivity index (χ3v) is 5.09. The largest absolute Gasteiger partial charge is 0.397 e. The highest BCUT2D eigenvalue weighted by Crippen LogP contribution is 2.29. The van der Waals surface area contributed by atoms with E-state index in [4.69, 9.17) is 5.73 Å². The van der Waals surface area contributed by atoms with Crippen molar-refractivity contribution in [3.05, 3.63) is 66.1 Å². The minimum Gasteiger partial charge on any atom is -0.397 e. The first-order chi connectivity index (χ1) is 14.5. The number of rotatable bonds is 4. The number of pyridine rings is 2. The Kier molecular flexibility index (Phi) is 5.56. The zero-order chi connectivity index (χ0) is 21.1. The molecule has 0 radical (unpaired) electrons. The summed E-state index contributed by atoms with van der Waals surface area (Å²) in [7, 11) is 0. The normalized spacial score (nSPS) is 13.9. The number of piperidine rings is 1. The molecule has 3 N–H and O–H groups in total. The highest BCUT2D eigenvalue weighted by Gasteiger charge is 2.19. The molecule has 0 unspecified atom stereocenters. The van der Waals surface area contributed by atoms with Crippen molar-refractivity contribution in [1.29, 1.82) is 0 Å². The van der Waals surface area contributed by atoms with Gasteiger partial charge in [0.1, 0.15) is 11.6 Å². The van der Waals surface area contributed by atoms with Gasteiger partial charge in [-0.2, -0.15) is 0 Å². The van der Waals surface area contributed by atoms with Gasteiger partial charge in [0, 0.05) is 30.9 Å². The van der Waals surface area contributed by atoms with Crippen molar-refractivity contribution >= 4 is 23.0 Å². The van der Waals surface area contributed by atoms with Crippen molar-refractivity contribution in [3.63, 3.8) is 0 Å². The van der Waals surface area contributed by atoms with Gasteiger partial charge in [-0.3, -0.25) is 9.78 Å². The Labute approximate surface area is 172 Å². The third-order valence-electron chi connectivity index (χ3n) is 5.09. The van der Waals surface area contributed by atoms with Crippen LogP contribution in [0.15, 0.2) is 48.8 Å². The summed E-state index contributed by atoms with van der Waals surface area (Å²) < 4.78 is 27.4. The summed E-state index contributed by atoms with van der Waals surface area (Å²) in [6, 6.07) is 8.02. The topological polar surface area (TPSA) is 84.1 Å². The summed E-state index contributed by atoms with van der Waals surface area (Å²) in [5.41, 5.74) is 7.80. The molecular formula is C22H21F2N5O. The molecule has 1 aliphatic heterocycles. The van der Waals surface area contributed by atoms with E-state index in [1.54, 1.807) is 12.4 Å². The molecule has 0 atom stereocenters. The molecule has 30 heavy (non-hydrogen) atoms. The Bertz CT molecular complexity index is 1080. The molecule has 6 nitrogen and oxygen atoms in total. The van der Waals surface area contributed by atoms with Crippen LogP contribution >= 0.6 is 0 Å². The van der Waals surface area contributed by atoms with Crippen LogP contribution in [0, 0.1) is 11.6 Å². The first kappa shape index (κ1) is 19.8. The number of carbonyl (C=O) groups is 1. The van der Waals surface area contributed by atoms with E-state index in [0.29, 0.717) is 5.69 Å². The van der Waals surface area contributed by atoms with Crippen molar-refractivity contribution < 1.29 is 13.6 Å². The molecule has 1 saturated heterocycles. The molecule has 4 rings (SSSR count). The van der Waals surface area contributed by atoms with Crippen LogP contribution in [0.2, 0.25) is 0 Å². The summed E-state index contributed by atoms with van der Waals surface area (Å²) >= 11 is 0. The van der Waals surface area contributed by atoms with Gasteiger partial charge in [0.2, 0.25) is 0 Å². The van der Waals surface area contributed by atoms with Crippen LogP contribution < -0.4 is 16.0 Å². The minimum absolute atomic E-state index is 0.0373. The number of carbonyl (C=O) groups excluding carboxylic acids is 1. The summed E-state index contributed by atoms with van der Waals surface area (Å²) in [6.45, 7) is 1.82. The van der Waals surface area contributed by atoms with Crippen LogP contribution in [-0.4, -0.2) is 29.0 Å². The monoisotopic (exact) mass is 409 g/mol. The summed E-state index contributed by atoms with van der Waals surface area (Å²) in [5.74, 6) is -1.98. The number of benzene rings is 1. The van der Waals surface area contributed by atoms with Crippen molar-refractivity contribution in [3.8, 4) is 11.3 Å². The van der Waals surface area contributed by atoms with Crippen molar-refractivity contribution in [2.24, 2.45) is 0 Å². The van der Waals surface area contributed by atoms with Gasteiger partial charge < -0.3 is 16.0 Å². The van der Waals surface area contributed by atoms with Gasteiger partial charge in [0.05, 0.1) is 29.0 Å². The second kappa shape index (κ2) is 8.44. The number of hydrogen-bond acceptors (Lipinski definition) is 5. The zero-order valence-corrected chi connectivity index (χ0v) is 16.2. The minimum atomic E-state index is -0.765. The molecule has 0 spiro atoms. The SMILES string of the molecule is Nc1ccc(-c2ccc(F)cc2F)nc1C(=O)Nc1cnccc1N1CCCCC1. The van der Waals surface area contributed by atoms with E-state index in [2.05, 4.69) is 20.2 Å². The molecule has 3 heterocycles. The molecule has 2 aromatic heterocycles. The molecular weight excluding hydrogens is 388 g/mol. The number of aromatic nitrogens is 2. The van der Waals surface area contributed by atoms with Crippen LogP contribution in [0.4, 0.5) is 25.8 Å². The van der Waals surface area contributed by atoms with Crippen LogP contribution in [0.1, 0.15) is 29.8 Å². The maximum Gasteiger partial charge on any atom is 0.276 e. The standard InChI is InChI=1S/C22H21F2N5O/c23-14-4-5-15(16(24)12-14)18-7-6-17(25)21(27-18)22(30)28-19-13-26-9-8-20(19)29-10-2-1-3-11-29/h4-9,12-13H,1-3,10-11,25H2,(H,28,30). The summed E-state index contributed by atoms with van der Waals surface area (Å²) in [5, 5.41) is 2.83. The number of anilines is 3. The number of nitrogen functional groups attached to an aromatic ring is 1. The van der Waals surface area contributed by atoms with Gasteiger partial charge in [0.15, 0.2) is 5.69 Å². The first-order valence-corrected chi connectivity index (χ1v) is 9.75. The fourth-order valence-corrected chi connectivity index (χ4v) is 3.57. The van der Waals surface area contributed by atoms with E-state index in [0.717, 1.165) is 43.8 Å². The molecule has 0 aliphatic carbocycles. The molecule has 1 amide bonds. The molecule has 0 saturated carbocycles. The molecule has 1 aliphatic rings. The number of nitrogens with two attached hydrogens (primary N) is 1. The van der Waals surface area contributed by atoms with Crippen LogP contribution in [0.3, 0.4) is 0 Å². The number of nitrogens with one attached hydrogen (secondary N) is 1. The molecule has 1 fully saturated rings. The quantitative estimate of drug-likeness (QED) is 0.673. The lowest BCUT2D eigenvalue weighted by Crippen LogP contribution is -2.30. The van der Waals surface area contributed by atoms with E-state index in [1.165, 1.54) is 24.6 Å². The smallest absolute Gasteiger partial charge is 0.276 e. The molecule has 8 heteroatoms. The van der Waals surface area contributed by atoms with Gasteiger partial charge >= 0.3 is 0 Å². The predicted octanol–water partition coefficient (Wildman–Crippen LogP) is 4.25. The van der Waals surface area contributed by atoms with Gasteiger partial charge in [-0.05, 0) is 49.6 Å². The fraction of sp³-hybridized carbons (Fsp3) is 0.227. The van der Waals surface area contributed by atoms with Crippen molar-refractivity contribution in [1.82, 2.24) is 9.97 Å². The lowest BCUT2D eigenvalue weighted by atomic mass is 10.1. The van der Waals surface area contributed by atoms with Gasteiger partial charge in [0.25, 0.3) is 5.91 Å². The Hall–Kier alpha value is -3.55. The lowest BCUT2D eigenvalue weighted by molar-refractivity contribution is 0.102. The third kappa shape index (κ3) is 4.07. The van der Waals surface area contributed by atoms with Gasteiger partial charge in [-0.15, -0.1) is 0 Å². The number of nitrogens with zero attached hydrogens (tertiary/aromatic N) is 3. The predicted molar refractivity (Wildman–Crippen MR) is 112 cm³/mol. The fourth-order valence-electron chi connectivity index (χ4n) is 3.57. The van der Waals surface area contributed by atoms with E-state index >= 15 is 0 Å². The van der Waals surface area contributed by atoms with Gasteiger partial charge in [-0.25, -0.2) is 13.8 Å². The summed E-state index contributed by atoms with van der Waals surface area (Å²) in [4.78, 5) is 23.5. The highest BCUT2D eigenvalue weighted by atomic mass is 19.1. The second-order valence-corrected chi connectivity index (χ2v) is 7.15. The number of hydrogen-bond donors (Lipinski definition) is 2. The van der Waals surface area contributed by atoms with E-state index in [9.17, 15) is 13.6 Å².